The van der Waals surface area contributed by atoms with Crippen molar-refractivity contribution in [3.8, 4) is 22.6 Å². The number of nitrogens with zero attached hydrogens (tertiary/aromatic N) is 1. The third-order valence-corrected chi connectivity index (χ3v) is 9.90. The Morgan fingerprint density at radius 3 is 1.87 bits per heavy atom. The number of furan rings is 2. The van der Waals surface area contributed by atoms with E-state index < -0.39 is 0 Å². The lowest BCUT2D eigenvalue weighted by Crippen LogP contribution is -2.59. The van der Waals surface area contributed by atoms with Gasteiger partial charge in [-0.3, -0.25) is 0 Å². The number of hydrogen-bond acceptors (Lipinski definition) is 4. The minimum Gasteiger partial charge on any atom is -0.456 e. The maximum absolute atomic E-state index is 7.15. The van der Waals surface area contributed by atoms with Gasteiger partial charge < -0.3 is 18.5 Å². The molecule has 47 heavy (non-hydrogen) atoms. The monoisotopic (exact) mass is 601 g/mol. The Morgan fingerprint density at radius 2 is 1.11 bits per heavy atom. The van der Waals surface area contributed by atoms with E-state index in [0.717, 1.165) is 94.5 Å². The summed E-state index contributed by atoms with van der Waals surface area (Å²) in [7, 11) is 0. The molecule has 7 aromatic carbocycles. The Morgan fingerprint density at radius 1 is 0.489 bits per heavy atom. The van der Waals surface area contributed by atoms with E-state index in [2.05, 4.69) is 132 Å². The zero-order valence-electron chi connectivity index (χ0n) is 25.1. The topological polar surface area (TPSA) is 38.8 Å². The zero-order chi connectivity index (χ0) is 30.6. The molecule has 0 saturated heterocycles. The van der Waals surface area contributed by atoms with Gasteiger partial charge in [-0.05, 0) is 64.5 Å². The first-order valence-corrected chi connectivity index (χ1v) is 16.0. The normalized spacial score (nSPS) is 13.2. The van der Waals surface area contributed by atoms with E-state index in [1.54, 1.807) is 0 Å². The van der Waals surface area contributed by atoms with Gasteiger partial charge in [-0.1, -0.05) is 103 Å². The molecule has 0 bridgehead atoms. The van der Waals surface area contributed by atoms with Gasteiger partial charge in [-0.15, -0.1) is 0 Å². The van der Waals surface area contributed by atoms with Crippen molar-refractivity contribution in [3.05, 3.63) is 146 Å². The smallest absolute Gasteiger partial charge is 0.261 e. The first kappa shape index (κ1) is 25.0. The van der Waals surface area contributed by atoms with Crippen molar-refractivity contribution in [2.75, 3.05) is 4.90 Å². The molecule has 9 aromatic rings. The molecule has 4 nitrogen and oxygen atoms in total. The van der Waals surface area contributed by atoms with Crippen LogP contribution in [0.2, 0.25) is 0 Å². The van der Waals surface area contributed by atoms with E-state index in [9.17, 15) is 0 Å². The lowest BCUT2D eigenvalue weighted by atomic mass is 9.34. The molecule has 0 amide bonds. The SMILES string of the molecule is c1ccc(-c2cc3c4c(c2)N(c2ccccc2)c2ccccc2B4c2c(c4oc5ccccc5c4c4c2oc2ccccc24)O3)cc1. The number of fused-ring (bicyclic) bond motifs is 13. The molecule has 11 rings (SSSR count). The lowest BCUT2D eigenvalue weighted by Gasteiger charge is -2.40. The molecule has 2 aromatic heterocycles. The van der Waals surface area contributed by atoms with Crippen molar-refractivity contribution >= 4 is 84.0 Å². The van der Waals surface area contributed by atoms with Gasteiger partial charge in [-0.25, -0.2) is 0 Å². The van der Waals surface area contributed by atoms with Gasteiger partial charge in [0.05, 0.1) is 0 Å². The van der Waals surface area contributed by atoms with Crippen molar-refractivity contribution in [3.63, 3.8) is 0 Å². The molecule has 5 heteroatoms. The first-order valence-electron chi connectivity index (χ1n) is 16.0. The second kappa shape index (κ2) is 9.18. The van der Waals surface area contributed by atoms with Gasteiger partial charge in [0.1, 0.15) is 22.5 Å². The molecule has 0 fully saturated rings. The van der Waals surface area contributed by atoms with E-state index in [4.69, 9.17) is 13.6 Å². The molecule has 218 valence electrons. The summed E-state index contributed by atoms with van der Waals surface area (Å²) >= 11 is 0. The highest BCUT2D eigenvalue weighted by molar-refractivity contribution is 7.00. The van der Waals surface area contributed by atoms with Gasteiger partial charge in [0.15, 0.2) is 11.3 Å². The third kappa shape index (κ3) is 3.32. The van der Waals surface area contributed by atoms with Crippen molar-refractivity contribution in [2.45, 2.75) is 0 Å². The minimum atomic E-state index is -0.148. The number of para-hydroxylation sites is 4. The predicted molar refractivity (Wildman–Crippen MR) is 192 cm³/mol. The Hall–Kier alpha value is -6.20. The number of ether oxygens (including phenoxy) is 1. The second-order valence-electron chi connectivity index (χ2n) is 12.4. The maximum atomic E-state index is 7.15. The van der Waals surface area contributed by atoms with Crippen molar-refractivity contribution < 1.29 is 13.6 Å². The van der Waals surface area contributed by atoms with Crippen LogP contribution in [0, 0.1) is 0 Å². The van der Waals surface area contributed by atoms with Gasteiger partial charge >= 0.3 is 0 Å². The molecule has 0 saturated carbocycles. The van der Waals surface area contributed by atoms with Gasteiger partial charge in [0, 0.05) is 44.1 Å². The summed E-state index contributed by atoms with van der Waals surface area (Å²) in [6, 6.07) is 50.9. The second-order valence-corrected chi connectivity index (χ2v) is 12.4. The van der Waals surface area contributed by atoms with Crippen LogP contribution in [0.1, 0.15) is 0 Å². The fourth-order valence-electron chi connectivity index (χ4n) is 7.98. The Labute approximate surface area is 270 Å². The summed E-state index contributed by atoms with van der Waals surface area (Å²) in [6.07, 6.45) is 0. The molecule has 4 heterocycles. The van der Waals surface area contributed by atoms with Crippen LogP contribution in [0.5, 0.6) is 11.5 Å². The van der Waals surface area contributed by atoms with Crippen LogP contribution < -0.4 is 26.0 Å². The minimum absolute atomic E-state index is 0.148. The standard InChI is InChI=1S/C42H24BNO3/c1-3-13-25(14-4-1)26-23-32-38-35(24-26)47-42-39(43(38)30-19-9-10-20-31(30)44(32)27-15-5-2-6-16-27)40-36(28-17-7-11-21-33(28)45-40)37-29-18-8-12-22-34(29)46-41(37)42/h1-24H. The maximum Gasteiger partial charge on any atom is 0.261 e. The van der Waals surface area contributed by atoms with E-state index in [1.807, 2.05) is 18.2 Å². The van der Waals surface area contributed by atoms with Crippen LogP contribution in [0.25, 0.3) is 55.0 Å². The Balaban J connectivity index is 1.32. The predicted octanol–water partition coefficient (Wildman–Crippen LogP) is 9.56. The van der Waals surface area contributed by atoms with Crippen LogP contribution in [0.3, 0.4) is 0 Å². The molecule has 0 spiro atoms. The molecule has 0 aliphatic carbocycles. The molecule has 2 aliphatic rings. The average molecular weight is 601 g/mol. The highest BCUT2D eigenvalue weighted by Crippen LogP contribution is 2.48. The summed E-state index contributed by atoms with van der Waals surface area (Å²) in [5, 5.41) is 4.21. The number of benzene rings is 7. The largest absolute Gasteiger partial charge is 0.456 e. The van der Waals surface area contributed by atoms with E-state index in [1.165, 1.54) is 5.46 Å². The molecule has 0 atom stereocenters. The number of anilines is 3. The summed E-state index contributed by atoms with van der Waals surface area (Å²) in [5.74, 6) is 1.55. The lowest BCUT2D eigenvalue weighted by molar-refractivity contribution is 0.481. The van der Waals surface area contributed by atoms with Crippen LogP contribution in [-0.4, -0.2) is 6.71 Å². The summed E-state index contributed by atoms with van der Waals surface area (Å²) in [6.45, 7) is -0.148. The molecular formula is C42H24BNO3. The van der Waals surface area contributed by atoms with Crippen molar-refractivity contribution in [1.29, 1.82) is 0 Å². The average Bonchev–Trinajstić information content (AvgIpc) is 3.71. The third-order valence-electron chi connectivity index (χ3n) is 9.90. The fraction of sp³-hybridized carbons (Fsp3) is 0. The number of hydrogen-bond donors (Lipinski definition) is 0. The van der Waals surface area contributed by atoms with Crippen LogP contribution in [0.4, 0.5) is 17.1 Å². The highest BCUT2D eigenvalue weighted by Gasteiger charge is 2.45. The molecule has 0 N–H and O–H groups in total. The van der Waals surface area contributed by atoms with E-state index >= 15 is 0 Å². The van der Waals surface area contributed by atoms with Gasteiger partial charge in [0.2, 0.25) is 0 Å². The molecular weight excluding hydrogens is 577 g/mol. The van der Waals surface area contributed by atoms with Crippen LogP contribution in [0.15, 0.2) is 154 Å². The van der Waals surface area contributed by atoms with Crippen LogP contribution >= 0.6 is 0 Å². The number of rotatable bonds is 2. The van der Waals surface area contributed by atoms with Crippen molar-refractivity contribution in [2.24, 2.45) is 0 Å². The molecule has 2 aliphatic heterocycles. The highest BCUT2D eigenvalue weighted by atomic mass is 16.5. The fourth-order valence-corrected chi connectivity index (χ4v) is 7.98. The van der Waals surface area contributed by atoms with Gasteiger partial charge in [0.25, 0.3) is 6.71 Å². The van der Waals surface area contributed by atoms with Crippen molar-refractivity contribution in [1.82, 2.24) is 0 Å². The first-order chi connectivity index (χ1) is 23.3. The quantitative estimate of drug-likeness (QED) is 0.185. The summed E-state index contributed by atoms with van der Waals surface area (Å²) in [5.41, 5.74) is 12.1. The zero-order valence-corrected chi connectivity index (χ0v) is 25.1. The summed E-state index contributed by atoms with van der Waals surface area (Å²) < 4.78 is 20.8. The van der Waals surface area contributed by atoms with E-state index in [0.29, 0.717) is 0 Å². The van der Waals surface area contributed by atoms with Gasteiger partial charge in [-0.2, -0.15) is 0 Å². The molecule has 0 radical (unpaired) electrons. The Kier molecular flexibility index (Phi) is 4.89. The van der Waals surface area contributed by atoms with E-state index in [-0.39, 0.29) is 6.71 Å². The Bertz CT molecular complexity index is 2730. The van der Waals surface area contributed by atoms with Crippen LogP contribution in [-0.2, 0) is 0 Å². The summed E-state index contributed by atoms with van der Waals surface area (Å²) in [4.78, 5) is 2.38. The molecule has 0 unspecified atom stereocenters.